The number of aliphatic hydroxyl groups excluding tert-OH is 1. The molecule has 0 saturated heterocycles. The summed E-state index contributed by atoms with van der Waals surface area (Å²) >= 11 is 2.62. The minimum absolute atomic E-state index is 0.0538. The maximum atomic E-state index is 13.3. The minimum atomic E-state index is -0.801. The number of carbonyl (C=O) groups excluding carboxylic acids is 2. The molecule has 1 atom stereocenters. The van der Waals surface area contributed by atoms with E-state index in [0.29, 0.717) is 21.3 Å². The second-order valence-electron chi connectivity index (χ2n) is 7.39. The first kappa shape index (κ1) is 20.4. The molecule has 32 heavy (non-hydrogen) atoms. The smallest absolute Gasteiger partial charge is 0.296 e. The first-order valence-electron chi connectivity index (χ1n) is 9.84. The molecule has 8 heteroatoms. The number of amides is 1. The van der Waals surface area contributed by atoms with Crippen LogP contribution in [0, 0.1) is 6.92 Å². The first-order valence-corrected chi connectivity index (χ1v) is 11.5. The Balaban J connectivity index is 1.67. The van der Waals surface area contributed by atoms with E-state index < -0.39 is 17.7 Å². The predicted octanol–water partition coefficient (Wildman–Crippen LogP) is 5.46. The van der Waals surface area contributed by atoms with Crippen molar-refractivity contribution in [1.82, 2.24) is 4.98 Å². The van der Waals surface area contributed by atoms with Crippen LogP contribution in [0.3, 0.4) is 0 Å². The van der Waals surface area contributed by atoms with Gasteiger partial charge in [-0.15, -0.1) is 11.3 Å². The summed E-state index contributed by atoms with van der Waals surface area (Å²) in [5.74, 6) is -0.897. The number of thiophene rings is 1. The topological polar surface area (TPSA) is 79.7 Å². The fourth-order valence-corrected chi connectivity index (χ4v) is 5.57. The van der Waals surface area contributed by atoms with Gasteiger partial charge in [0.2, 0.25) is 5.78 Å². The van der Waals surface area contributed by atoms with Crippen LogP contribution in [0.4, 0.5) is 5.13 Å². The molecular formula is C24H18N2O4S2. The van der Waals surface area contributed by atoms with E-state index in [1.54, 1.807) is 48.9 Å². The van der Waals surface area contributed by atoms with E-state index in [4.69, 9.17) is 4.74 Å². The standard InChI is InChI=1S/C24H18N2O4S2/c1-13-5-10-16-18(12-13)32-24(25-16)26-20(14-6-8-15(30-2)9-7-14)19(22(28)23(26)29)21(27)17-4-3-11-31-17/h3-12,20,28H,1-2H3/t20-/m1/s1. The molecule has 0 saturated carbocycles. The summed E-state index contributed by atoms with van der Waals surface area (Å²) in [6.45, 7) is 1.99. The fraction of sp³-hybridized carbons (Fsp3) is 0.125. The van der Waals surface area contributed by atoms with E-state index >= 15 is 0 Å². The number of Topliss-reactive ketones (excluding diaryl/α,β-unsaturated/α-hetero) is 1. The van der Waals surface area contributed by atoms with E-state index in [-0.39, 0.29) is 11.4 Å². The van der Waals surface area contributed by atoms with Gasteiger partial charge in [-0.3, -0.25) is 14.5 Å². The number of carbonyl (C=O) groups is 2. The number of ketones is 1. The number of benzene rings is 2. The number of hydrogen-bond donors (Lipinski definition) is 1. The van der Waals surface area contributed by atoms with Crippen molar-refractivity contribution in [2.75, 3.05) is 12.0 Å². The number of anilines is 1. The van der Waals surface area contributed by atoms with Gasteiger partial charge in [-0.25, -0.2) is 4.98 Å². The molecule has 0 unspecified atom stereocenters. The molecule has 2 aromatic heterocycles. The zero-order chi connectivity index (χ0) is 22.4. The van der Waals surface area contributed by atoms with E-state index in [9.17, 15) is 14.7 Å². The van der Waals surface area contributed by atoms with Gasteiger partial charge in [0.05, 0.1) is 33.8 Å². The molecule has 0 fully saturated rings. The first-order chi connectivity index (χ1) is 15.5. The number of thiazole rings is 1. The second-order valence-corrected chi connectivity index (χ2v) is 9.34. The van der Waals surface area contributed by atoms with Crippen LogP contribution >= 0.6 is 22.7 Å². The Hall–Kier alpha value is -3.49. The maximum absolute atomic E-state index is 13.3. The van der Waals surface area contributed by atoms with Gasteiger partial charge in [-0.2, -0.15) is 0 Å². The average Bonchev–Trinajstić information content (AvgIpc) is 3.52. The number of rotatable bonds is 5. The van der Waals surface area contributed by atoms with Crippen LogP contribution in [0.5, 0.6) is 5.75 Å². The van der Waals surface area contributed by atoms with Crippen LogP contribution < -0.4 is 9.64 Å². The summed E-state index contributed by atoms with van der Waals surface area (Å²) in [7, 11) is 1.57. The molecule has 5 rings (SSSR count). The Bertz CT molecular complexity index is 1370. The molecule has 160 valence electrons. The van der Waals surface area contributed by atoms with Crippen LogP contribution in [0.2, 0.25) is 0 Å². The van der Waals surface area contributed by atoms with Gasteiger partial charge >= 0.3 is 0 Å². The number of methoxy groups -OCH3 is 1. The Labute approximate surface area is 192 Å². The largest absolute Gasteiger partial charge is 0.503 e. The summed E-state index contributed by atoms with van der Waals surface area (Å²) in [6, 6.07) is 15.6. The number of aromatic nitrogens is 1. The lowest BCUT2D eigenvalue weighted by molar-refractivity contribution is -0.117. The Kier molecular flexibility index (Phi) is 5.03. The van der Waals surface area contributed by atoms with Crippen molar-refractivity contribution >= 4 is 49.7 Å². The molecule has 1 aliphatic rings. The van der Waals surface area contributed by atoms with Crippen molar-refractivity contribution in [1.29, 1.82) is 0 Å². The monoisotopic (exact) mass is 462 g/mol. The van der Waals surface area contributed by atoms with E-state index in [0.717, 1.165) is 15.8 Å². The van der Waals surface area contributed by atoms with Gasteiger partial charge in [-0.05, 0) is 53.8 Å². The normalized spacial score (nSPS) is 16.2. The van der Waals surface area contributed by atoms with Crippen molar-refractivity contribution in [3.05, 3.63) is 87.3 Å². The SMILES string of the molecule is COc1ccc([C@@H]2C(C(=O)c3cccs3)=C(O)C(=O)N2c2nc3ccc(C)cc3s2)cc1. The zero-order valence-corrected chi connectivity index (χ0v) is 18.9. The molecule has 2 aromatic carbocycles. The summed E-state index contributed by atoms with van der Waals surface area (Å²) in [5.41, 5.74) is 2.58. The lowest BCUT2D eigenvalue weighted by Gasteiger charge is -2.24. The number of hydrogen-bond acceptors (Lipinski definition) is 7. The number of nitrogens with zero attached hydrogens (tertiary/aromatic N) is 2. The molecule has 1 N–H and O–H groups in total. The lowest BCUT2D eigenvalue weighted by Crippen LogP contribution is -2.30. The van der Waals surface area contributed by atoms with Crippen molar-refractivity contribution in [2.45, 2.75) is 13.0 Å². The zero-order valence-electron chi connectivity index (χ0n) is 17.2. The highest BCUT2D eigenvalue weighted by molar-refractivity contribution is 7.22. The second kappa shape index (κ2) is 7.89. The maximum Gasteiger partial charge on any atom is 0.296 e. The average molecular weight is 463 g/mol. The quantitative estimate of drug-likeness (QED) is 0.399. The number of fused-ring (bicyclic) bond motifs is 1. The van der Waals surface area contributed by atoms with E-state index in [2.05, 4.69) is 4.98 Å². The fourth-order valence-electron chi connectivity index (χ4n) is 3.80. The third kappa shape index (κ3) is 3.28. The lowest BCUT2D eigenvalue weighted by atomic mass is 9.95. The van der Waals surface area contributed by atoms with E-state index in [1.165, 1.54) is 27.6 Å². The molecule has 4 aromatic rings. The number of ether oxygens (including phenoxy) is 1. The summed E-state index contributed by atoms with van der Waals surface area (Å²) in [5, 5.41) is 13.1. The molecule has 0 spiro atoms. The summed E-state index contributed by atoms with van der Waals surface area (Å²) in [6.07, 6.45) is 0. The number of aliphatic hydroxyl groups is 1. The molecule has 1 amide bonds. The molecule has 0 bridgehead atoms. The third-order valence-electron chi connectivity index (χ3n) is 5.37. The van der Waals surface area contributed by atoms with Crippen LogP contribution in [-0.2, 0) is 4.79 Å². The molecule has 3 heterocycles. The summed E-state index contributed by atoms with van der Waals surface area (Å²) < 4.78 is 6.18. The van der Waals surface area contributed by atoms with Crippen molar-refractivity contribution in [3.8, 4) is 5.75 Å². The summed E-state index contributed by atoms with van der Waals surface area (Å²) in [4.78, 5) is 33.1. The third-order valence-corrected chi connectivity index (χ3v) is 7.25. The van der Waals surface area contributed by atoms with Crippen LogP contribution in [0.1, 0.15) is 26.8 Å². The van der Waals surface area contributed by atoms with Crippen LogP contribution in [-0.4, -0.2) is 28.9 Å². The van der Waals surface area contributed by atoms with Crippen molar-refractivity contribution in [3.63, 3.8) is 0 Å². The Morgan fingerprint density at radius 1 is 1.16 bits per heavy atom. The molecule has 1 aliphatic heterocycles. The molecule has 6 nitrogen and oxygen atoms in total. The van der Waals surface area contributed by atoms with Crippen molar-refractivity contribution in [2.24, 2.45) is 0 Å². The molecule has 0 aliphatic carbocycles. The van der Waals surface area contributed by atoms with Gasteiger partial charge in [0.1, 0.15) is 5.75 Å². The van der Waals surface area contributed by atoms with Gasteiger partial charge in [0, 0.05) is 0 Å². The van der Waals surface area contributed by atoms with Gasteiger partial charge in [0.15, 0.2) is 10.9 Å². The Morgan fingerprint density at radius 3 is 2.62 bits per heavy atom. The highest BCUT2D eigenvalue weighted by Crippen LogP contribution is 2.44. The van der Waals surface area contributed by atoms with Gasteiger partial charge in [0.25, 0.3) is 5.91 Å². The predicted molar refractivity (Wildman–Crippen MR) is 126 cm³/mol. The van der Waals surface area contributed by atoms with Gasteiger partial charge < -0.3 is 9.84 Å². The molecule has 0 radical (unpaired) electrons. The van der Waals surface area contributed by atoms with Crippen LogP contribution in [0.25, 0.3) is 10.2 Å². The van der Waals surface area contributed by atoms with Gasteiger partial charge in [-0.1, -0.05) is 35.6 Å². The minimum Gasteiger partial charge on any atom is -0.503 e. The molecular weight excluding hydrogens is 444 g/mol. The highest BCUT2D eigenvalue weighted by Gasteiger charge is 2.46. The highest BCUT2D eigenvalue weighted by atomic mass is 32.1. The Morgan fingerprint density at radius 2 is 1.94 bits per heavy atom. The number of aryl methyl sites for hydroxylation is 1. The van der Waals surface area contributed by atoms with Crippen molar-refractivity contribution < 1.29 is 19.4 Å². The van der Waals surface area contributed by atoms with E-state index in [1.807, 2.05) is 25.1 Å². The van der Waals surface area contributed by atoms with Crippen LogP contribution in [0.15, 0.2) is 71.3 Å².